The molecular weight excluding hydrogens is 330 g/mol. The molecular formula is C15H19N5O3S. The summed E-state index contributed by atoms with van der Waals surface area (Å²) in [5, 5.41) is 11.8. The van der Waals surface area contributed by atoms with Crippen LogP contribution in [0.15, 0.2) is 29.4 Å². The molecule has 0 saturated heterocycles. The number of aryl methyl sites for hydroxylation is 1. The standard InChI is InChI=1S/C15H19N5O3S/c1-3-20(14(21)10-24-15-16-17-18-19(15)2)8-11-9-22-12-6-4-5-7-13(12)23-11/h4-7,11H,3,8-10H2,1-2H3/t11-/m1/s1. The number of ether oxygens (including phenoxy) is 2. The van der Waals surface area contributed by atoms with Crippen molar-refractivity contribution in [2.45, 2.75) is 18.2 Å². The van der Waals surface area contributed by atoms with Crippen LogP contribution in [-0.4, -0.2) is 62.6 Å². The second-order valence-corrected chi connectivity index (χ2v) is 6.25. The molecule has 0 saturated carbocycles. The van der Waals surface area contributed by atoms with E-state index < -0.39 is 0 Å². The highest BCUT2D eigenvalue weighted by Gasteiger charge is 2.25. The van der Waals surface area contributed by atoms with Crippen molar-refractivity contribution in [3.8, 4) is 11.5 Å². The zero-order valence-corrected chi connectivity index (χ0v) is 14.4. The molecule has 0 fully saturated rings. The SMILES string of the molecule is CCN(C[C@@H]1COc2ccccc2O1)C(=O)CSc1nnnn1C. The van der Waals surface area contributed by atoms with E-state index in [0.717, 1.165) is 11.5 Å². The Kier molecular flexibility index (Phi) is 5.19. The largest absolute Gasteiger partial charge is 0.486 e. The van der Waals surface area contributed by atoms with Crippen molar-refractivity contribution in [2.75, 3.05) is 25.4 Å². The number of fused-ring (bicyclic) bond motifs is 1. The van der Waals surface area contributed by atoms with Gasteiger partial charge < -0.3 is 14.4 Å². The molecule has 0 N–H and O–H groups in total. The van der Waals surface area contributed by atoms with Gasteiger partial charge in [-0.25, -0.2) is 4.68 Å². The van der Waals surface area contributed by atoms with Crippen LogP contribution < -0.4 is 9.47 Å². The summed E-state index contributed by atoms with van der Waals surface area (Å²) < 4.78 is 13.2. The van der Waals surface area contributed by atoms with Crippen LogP contribution in [0.5, 0.6) is 11.5 Å². The average Bonchev–Trinajstić information content (AvgIpc) is 3.02. The number of aromatic nitrogens is 4. The predicted molar refractivity (Wildman–Crippen MR) is 88.1 cm³/mol. The Morgan fingerprint density at radius 1 is 1.42 bits per heavy atom. The van der Waals surface area contributed by atoms with E-state index in [1.54, 1.807) is 16.6 Å². The van der Waals surface area contributed by atoms with E-state index >= 15 is 0 Å². The van der Waals surface area contributed by atoms with Crippen molar-refractivity contribution >= 4 is 17.7 Å². The summed E-state index contributed by atoms with van der Waals surface area (Å²) >= 11 is 1.32. The lowest BCUT2D eigenvalue weighted by atomic mass is 10.2. The number of benzene rings is 1. The number of para-hydroxylation sites is 2. The Morgan fingerprint density at radius 3 is 2.92 bits per heavy atom. The van der Waals surface area contributed by atoms with Crippen LogP contribution in [0.1, 0.15) is 6.92 Å². The molecule has 3 rings (SSSR count). The maximum atomic E-state index is 12.4. The monoisotopic (exact) mass is 349 g/mol. The van der Waals surface area contributed by atoms with Gasteiger partial charge in [0.15, 0.2) is 17.6 Å². The number of carbonyl (C=O) groups is 1. The number of amides is 1. The Balaban J connectivity index is 1.55. The zero-order valence-electron chi connectivity index (χ0n) is 13.6. The lowest BCUT2D eigenvalue weighted by Crippen LogP contribution is -2.44. The van der Waals surface area contributed by atoms with Crippen molar-refractivity contribution in [1.82, 2.24) is 25.1 Å². The van der Waals surface area contributed by atoms with Gasteiger partial charge in [-0.2, -0.15) is 0 Å². The topological polar surface area (TPSA) is 82.4 Å². The maximum absolute atomic E-state index is 12.4. The molecule has 24 heavy (non-hydrogen) atoms. The van der Waals surface area contributed by atoms with Crippen LogP contribution in [0, 0.1) is 0 Å². The van der Waals surface area contributed by atoms with Crippen molar-refractivity contribution in [3.63, 3.8) is 0 Å². The average molecular weight is 349 g/mol. The van der Waals surface area contributed by atoms with E-state index in [-0.39, 0.29) is 17.8 Å². The third-order valence-electron chi connectivity index (χ3n) is 3.63. The van der Waals surface area contributed by atoms with Gasteiger partial charge in [-0.3, -0.25) is 4.79 Å². The smallest absolute Gasteiger partial charge is 0.233 e. The van der Waals surface area contributed by atoms with Crippen LogP contribution in [0.4, 0.5) is 0 Å². The first-order valence-electron chi connectivity index (χ1n) is 7.68. The van der Waals surface area contributed by atoms with Gasteiger partial charge in [-0.1, -0.05) is 23.9 Å². The van der Waals surface area contributed by atoms with Crippen LogP contribution in [0.25, 0.3) is 0 Å². The summed E-state index contributed by atoms with van der Waals surface area (Å²) in [6.07, 6.45) is -0.176. The van der Waals surface area contributed by atoms with E-state index in [1.165, 1.54) is 11.8 Å². The number of hydrogen-bond acceptors (Lipinski definition) is 7. The van der Waals surface area contributed by atoms with Gasteiger partial charge >= 0.3 is 0 Å². The molecule has 1 aliphatic heterocycles. The Labute approximate surface area is 144 Å². The second kappa shape index (κ2) is 7.52. The van der Waals surface area contributed by atoms with Crippen molar-refractivity contribution in [2.24, 2.45) is 7.05 Å². The fourth-order valence-electron chi connectivity index (χ4n) is 2.37. The Hall–Kier alpha value is -2.29. The molecule has 0 spiro atoms. The fraction of sp³-hybridized carbons (Fsp3) is 0.467. The van der Waals surface area contributed by atoms with Gasteiger partial charge in [-0.05, 0) is 29.5 Å². The molecule has 0 bridgehead atoms. The van der Waals surface area contributed by atoms with Gasteiger partial charge in [0.05, 0.1) is 12.3 Å². The molecule has 0 aliphatic carbocycles. The number of likely N-dealkylation sites (N-methyl/N-ethyl adjacent to an activating group) is 1. The van der Waals surface area contributed by atoms with Crippen LogP contribution in [-0.2, 0) is 11.8 Å². The molecule has 0 radical (unpaired) electrons. The molecule has 1 amide bonds. The van der Waals surface area contributed by atoms with Crippen molar-refractivity contribution in [3.05, 3.63) is 24.3 Å². The van der Waals surface area contributed by atoms with Gasteiger partial charge in [0.25, 0.3) is 0 Å². The number of tetrazole rings is 1. The minimum Gasteiger partial charge on any atom is -0.486 e. The minimum absolute atomic E-state index is 0.0213. The number of rotatable bonds is 6. The molecule has 9 heteroatoms. The molecule has 1 aliphatic rings. The lowest BCUT2D eigenvalue weighted by Gasteiger charge is -2.30. The highest BCUT2D eigenvalue weighted by molar-refractivity contribution is 7.99. The molecule has 128 valence electrons. The van der Waals surface area contributed by atoms with E-state index in [4.69, 9.17) is 9.47 Å². The molecule has 2 heterocycles. The highest BCUT2D eigenvalue weighted by atomic mass is 32.2. The van der Waals surface area contributed by atoms with Crippen molar-refractivity contribution in [1.29, 1.82) is 0 Å². The maximum Gasteiger partial charge on any atom is 0.233 e. The third kappa shape index (κ3) is 3.78. The fourth-order valence-corrected chi connectivity index (χ4v) is 3.12. The van der Waals surface area contributed by atoms with E-state index in [9.17, 15) is 4.79 Å². The number of nitrogens with zero attached hydrogens (tertiary/aromatic N) is 5. The summed E-state index contributed by atoms with van der Waals surface area (Å²) in [5.41, 5.74) is 0. The van der Waals surface area contributed by atoms with Gasteiger partial charge in [0.2, 0.25) is 11.1 Å². The normalized spacial score (nSPS) is 16.0. The Bertz CT molecular complexity index is 708. The van der Waals surface area contributed by atoms with Crippen LogP contribution in [0.2, 0.25) is 0 Å². The third-order valence-corrected chi connectivity index (χ3v) is 4.63. The van der Waals surface area contributed by atoms with Crippen molar-refractivity contribution < 1.29 is 14.3 Å². The first-order valence-corrected chi connectivity index (χ1v) is 8.67. The summed E-state index contributed by atoms with van der Waals surface area (Å²) in [6.45, 7) is 3.48. The summed E-state index contributed by atoms with van der Waals surface area (Å²) in [6, 6.07) is 7.55. The molecule has 1 atom stereocenters. The van der Waals surface area contributed by atoms with Gasteiger partial charge in [0, 0.05) is 13.6 Å². The lowest BCUT2D eigenvalue weighted by molar-refractivity contribution is -0.129. The highest BCUT2D eigenvalue weighted by Crippen LogP contribution is 2.31. The number of hydrogen-bond donors (Lipinski definition) is 0. The van der Waals surface area contributed by atoms with E-state index in [0.29, 0.717) is 24.9 Å². The second-order valence-electron chi connectivity index (χ2n) is 5.30. The van der Waals surface area contributed by atoms with Gasteiger partial charge in [0.1, 0.15) is 6.61 Å². The number of thioether (sulfide) groups is 1. The van der Waals surface area contributed by atoms with E-state index in [2.05, 4.69) is 15.5 Å². The summed E-state index contributed by atoms with van der Waals surface area (Å²) in [7, 11) is 1.75. The number of carbonyl (C=O) groups excluding carboxylic acids is 1. The zero-order chi connectivity index (χ0) is 16.9. The summed E-state index contributed by atoms with van der Waals surface area (Å²) in [4.78, 5) is 14.2. The minimum atomic E-state index is -0.176. The Morgan fingerprint density at radius 2 is 2.21 bits per heavy atom. The predicted octanol–water partition coefficient (Wildman–Crippen LogP) is 0.991. The molecule has 8 nitrogen and oxygen atoms in total. The molecule has 0 unspecified atom stereocenters. The molecule has 1 aromatic heterocycles. The van der Waals surface area contributed by atoms with Crippen LogP contribution >= 0.6 is 11.8 Å². The first-order chi connectivity index (χ1) is 11.7. The quantitative estimate of drug-likeness (QED) is 0.719. The van der Waals surface area contributed by atoms with Gasteiger partial charge in [-0.15, -0.1) is 5.10 Å². The van der Waals surface area contributed by atoms with E-state index in [1.807, 2.05) is 31.2 Å². The molecule has 2 aromatic rings. The van der Waals surface area contributed by atoms with Crippen LogP contribution in [0.3, 0.4) is 0 Å². The first kappa shape index (κ1) is 16.6. The molecule has 1 aromatic carbocycles. The summed E-state index contributed by atoms with van der Waals surface area (Å²) in [5.74, 6) is 1.77.